The number of hydrogen-bond acceptors (Lipinski definition) is 6. The van der Waals surface area contributed by atoms with Gasteiger partial charge >= 0.3 is 17.9 Å². The van der Waals surface area contributed by atoms with Crippen LogP contribution in [0.5, 0.6) is 0 Å². The molecule has 302 valence electrons. The topological polar surface area (TPSA) is 78.9 Å². The van der Waals surface area contributed by atoms with E-state index in [4.69, 9.17) is 14.2 Å². The summed E-state index contributed by atoms with van der Waals surface area (Å²) in [5.74, 6) is -0.908. The van der Waals surface area contributed by atoms with Crippen LogP contribution in [0.1, 0.15) is 220 Å². The molecule has 0 amide bonds. The highest BCUT2D eigenvalue weighted by Crippen LogP contribution is 2.13. The minimum absolute atomic E-state index is 0.0789. The van der Waals surface area contributed by atoms with Gasteiger partial charge in [-0.15, -0.1) is 0 Å². The van der Waals surface area contributed by atoms with Crippen LogP contribution in [-0.4, -0.2) is 37.2 Å². The fraction of sp³-hybridized carbons (Fsp3) is 0.804. The molecule has 0 bridgehead atoms. The van der Waals surface area contributed by atoms with Crippen LogP contribution in [0.15, 0.2) is 36.5 Å². The summed E-state index contributed by atoms with van der Waals surface area (Å²) in [5, 5.41) is 0. The summed E-state index contributed by atoms with van der Waals surface area (Å²) >= 11 is 0. The van der Waals surface area contributed by atoms with Crippen molar-refractivity contribution in [3.05, 3.63) is 36.5 Å². The van der Waals surface area contributed by atoms with Crippen molar-refractivity contribution in [2.75, 3.05) is 13.2 Å². The van der Waals surface area contributed by atoms with Gasteiger partial charge < -0.3 is 14.2 Å². The van der Waals surface area contributed by atoms with Crippen molar-refractivity contribution in [1.29, 1.82) is 0 Å². The molecule has 6 heteroatoms. The molecule has 0 rings (SSSR count). The highest BCUT2D eigenvalue weighted by atomic mass is 16.6. The standard InChI is InChI=1S/C46H82O6/c1-4-7-10-13-16-19-21-23-25-27-30-33-36-39-45(48)51-42-43(41-50-44(47)38-35-32-29-18-15-12-9-6-3)52-46(49)40-37-34-31-28-26-24-22-20-17-14-11-8-5-2/h10,13,19-22,43H,4-9,11-12,14-18,23-42H2,1-3H3/b13-10-,21-19-,22-20-. The normalized spacial score (nSPS) is 12.3. The molecule has 0 aromatic rings. The second-order valence-electron chi connectivity index (χ2n) is 14.6. The van der Waals surface area contributed by atoms with Gasteiger partial charge in [-0.3, -0.25) is 14.4 Å². The molecular weight excluding hydrogens is 648 g/mol. The monoisotopic (exact) mass is 731 g/mol. The fourth-order valence-corrected chi connectivity index (χ4v) is 6.00. The van der Waals surface area contributed by atoms with Gasteiger partial charge in [-0.25, -0.2) is 0 Å². The lowest BCUT2D eigenvalue weighted by molar-refractivity contribution is -0.167. The summed E-state index contributed by atoms with van der Waals surface area (Å²) < 4.78 is 16.6. The van der Waals surface area contributed by atoms with E-state index in [0.29, 0.717) is 19.3 Å². The van der Waals surface area contributed by atoms with E-state index in [0.717, 1.165) is 96.3 Å². The van der Waals surface area contributed by atoms with Gasteiger partial charge in [0.2, 0.25) is 0 Å². The van der Waals surface area contributed by atoms with Gasteiger partial charge in [0.15, 0.2) is 6.10 Å². The van der Waals surface area contributed by atoms with Crippen molar-refractivity contribution >= 4 is 17.9 Å². The van der Waals surface area contributed by atoms with E-state index < -0.39 is 6.10 Å². The van der Waals surface area contributed by atoms with E-state index in [-0.39, 0.29) is 31.1 Å². The van der Waals surface area contributed by atoms with Crippen molar-refractivity contribution in [2.45, 2.75) is 226 Å². The molecule has 0 aliphatic carbocycles. The van der Waals surface area contributed by atoms with Crippen LogP contribution >= 0.6 is 0 Å². The number of esters is 3. The summed E-state index contributed by atoms with van der Waals surface area (Å²) in [7, 11) is 0. The average Bonchev–Trinajstić information content (AvgIpc) is 3.14. The third kappa shape index (κ3) is 38.9. The lowest BCUT2D eigenvalue weighted by Gasteiger charge is -2.18. The first-order chi connectivity index (χ1) is 25.5. The molecular formula is C46H82O6. The molecule has 0 aromatic carbocycles. The van der Waals surface area contributed by atoms with Gasteiger partial charge in [0.1, 0.15) is 13.2 Å². The van der Waals surface area contributed by atoms with Gasteiger partial charge in [0.25, 0.3) is 0 Å². The number of unbranched alkanes of at least 4 members (excludes halogenated alkanes) is 22. The van der Waals surface area contributed by atoms with Crippen molar-refractivity contribution in [3.63, 3.8) is 0 Å². The second-order valence-corrected chi connectivity index (χ2v) is 14.6. The predicted molar refractivity (Wildman–Crippen MR) is 219 cm³/mol. The minimum atomic E-state index is -0.775. The van der Waals surface area contributed by atoms with E-state index in [1.54, 1.807) is 0 Å². The fourth-order valence-electron chi connectivity index (χ4n) is 6.00. The second kappa shape index (κ2) is 41.4. The Morgan fingerprint density at radius 3 is 1.17 bits per heavy atom. The molecule has 0 fully saturated rings. The molecule has 6 nitrogen and oxygen atoms in total. The van der Waals surface area contributed by atoms with Gasteiger partial charge in [0.05, 0.1) is 0 Å². The van der Waals surface area contributed by atoms with Crippen LogP contribution < -0.4 is 0 Å². The Balaban J connectivity index is 4.38. The summed E-state index contributed by atoms with van der Waals surface area (Å²) in [6, 6.07) is 0. The Kier molecular flexibility index (Phi) is 39.5. The molecule has 0 spiro atoms. The average molecular weight is 731 g/mol. The van der Waals surface area contributed by atoms with Crippen molar-refractivity contribution < 1.29 is 28.6 Å². The van der Waals surface area contributed by atoms with Gasteiger partial charge in [-0.05, 0) is 70.6 Å². The molecule has 0 saturated heterocycles. The van der Waals surface area contributed by atoms with Gasteiger partial charge in [0, 0.05) is 19.3 Å². The van der Waals surface area contributed by atoms with Crippen LogP contribution in [0, 0.1) is 0 Å². The van der Waals surface area contributed by atoms with E-state index in [2.05, 4.69) is 57.2 Å². The summed E-state index contributed by atoms with van der Waals surface area (Å²) in [6.45, 7) is 6.50. The Bertz CT molecular complexity index is 891. The van der Waals surface area contributed by atoms with E-state index in [1.165, 1.54) is 83.5 Å². The number of hydrogen-bond donors (Lipinski definition) is 0. The van der Waals surface area contributed by atoms with Crippen molar-refractivity contribution in [3.8, 4) is 0 Å². The maximum atomic E-state index is 12.7. The number of allylic oxidation sites excluding steroid dienone is 6. The summed E-state index contributed by atoms with van der Waals surface area (Å²) in [4.78, 5) is 37.6. The zero-order valence-corrected chi connectivity index (χ0v) is 34.3. The van der Waals surface area contributed by atoms with E-state index in [1.807, 2.05) is 0 Å². The molecule has 0 aliphatic heterocycles. The highest BCUT2D eigenvalue weighted by Gasteiger charge is 2.19. The lowest BCUT2D eigenvalue weighted by atomic mass is 10.1. The molecule has 1 unspecified atom stereocenters. The van der Waals surface area contributed by atoms with Crippen molar-refractivity contribution in [1.82, 2.24) is 0 Å². The third-order valence-corrected chi connectivity index (χ3v) is 9.35. The zero-order valence-electron chi connectivity index (χ0n) is 34.3. The first-order valence-corrected chi connectivity index (χ1v) is 22.0. The molecule has 1 atom stereocenters. The summed E-state index contributed by atoms with van der Waals surface area (Å²) in [5.41, 5.74) is 0. The van der Waals surface area contributed by atoms with Crippen LogP contribution in [-0.2, 0) is 28.6 Å². The first-order valence-electron chi connectivity index (χ1n) is 22.0. The Morgan fingerprint density at radius 2 is 0.731 bits per heavy atom. The van der Waals surface area contributed by atoms with Crippen molar-refractivity contribution in [2.24, 2.45) is 0 Å². The first kappa shape index (κ1) is 49.6. The van der Waals surface area contributed by atoms with E-state index in [9.17, 15) is 14.4 Å². The molecule has 0 aliphatic rings. The van der Waals surface area contributed by atoms with Gasteiger partial charge in [-0.2, -0.15) is 0 Å². The minimum Gasteiger partial charge on any atom is -0.462 e. The number of carbonyl (C=O) groups is 3. The third-order valence-electron chi connectivity index (χ3n) is 9.35. The Hall–Kier alpha value is -2.37. The smallest absolute Gasteiger partial charge is 0.306 e. The Morgan fingerprint density at radius 1 is 0.385 bits per heavy atom. The molecule has 52 heavy (non-hydrogen) atoms. The number of ether oxygens (including phenoxy) is 3. The maximum Gasteiger partial charge on any atom is 0.306 e. The van der Waals surface area contributed by atoms with Crippen LogP contribution in [0.3, 0.4) is 0 Å². The molecule has 0 heterocycles. The van der Waals surface area contributed by atoms with E-state index >= 15 is 0 Å². The number of carbonyl (C=O) groups excluding carboxylic acids is 3. The molecule has 0 saturated carbocycles. The van der Waals surface area contributed by atoms with Crippen LogP contribution in [0.2, 0.25) is 0 Å². The van der Waals surface area contributed by atoms with Gasteiger partial charge in [-0.1, -0.05) is 166 Å². The SMILES string of the molecule is CCC/C=C\C/C=C\CCCCCCCC(=O)OCC(COC(=O)CCCCCCCCCC)OC(=O)CCCCCCC/C=C\CCCCCC. The predicted octanol–water partition coefficient (Wildman–Crippen LogP) is 13.8. The van der Waals surface area contributed by atoms with Crippen LogP contribution in [0.4, 0.5) is 0 Å². The maximum absolute atomic E-state index is 12.7. The largest absolute Gasteiger partial charge is 0.462 e. The Labute approximate surface area is 321 Å². The summed E-state index contributed by atoms with van der Waals surface area (Å²) in [6.07, 6.45) is 45.5. The molecule has 0 radical (unpaired) electrons. The zero-order chi connectivity index (χ0) is 38.0. The molecule has 0 N–H and O–H groups in total. The van der Waals surface area contributed by atoms with Crippen LogP contribution in [0.25, 0.3) is 0 Å². The molecule has 0 aromatic heterocycles. The quantitative estimate of drug-likeness (QED) is 0.0271. The highest BCUT2D eigenvalue weighted by molar-refractivity contribution is 5.71. The number of rotatable bonds is 39. The lowest BCUT2D eigenvalue weighted by Crippen LogP contribution is -2.30.